The van der Waals surface area contributed by atoms with Gasteiger partial charge in [0.2, 0.25) is 0 Å². The lowest BCUT2D eigenvalue weighted by Gasteiger charge is -2.18. The van der Waals surface area contributed by atoms with Gasteiger partial charge in [0.05, 0.1) is 6.42 Å². The molecule has 0 aliphatic rings. The lowest BCUT2D eigenvalue weighted by molar-refractivity contribution is -0.166. The molecule has 0 aromatic heterocycles. The van der Waals surface area contributed by atoms with E-state index in [0.717, 1.165) is 103 Å². The molecule has 1 atom stereocenters. The summed E-state index contributed by atoms with van der Waals surface area (Å²) in [5.41, 5.74) is 0. The van der Waals surface area contributed by atoms with Crippen molar-refractivity contribution in [2.24, 2.45) is 0 Å². The summed E-state index contributed by atoms with van der Waals surface area (Å²) in [5.74, 6) is -1.11. The molecule has 0 radical (unpaired) electrons. The second-order valence-corrected chi connectivity index (χ2v) is 14.6. The topological polar surface area (TPSA) is 78.9 Å². The zero-order valence-electron chi connectivity index (χ0n) is 37.0. The third kappa shape index (κ3) is 43.2. The van der Waals surface area contributed by atoms with E-state index in [-0.39, 0.29) is 38.0 Å². The monoisotopic (exact) mass is 803 g/mol. The third-order valence-corrected chi connectivity index (χ3v) is 9.03. The summed E-state index contributed by atoms with van der Waals surface area (Å²) >= 11 is 0. The number of hydrogen-bond acceptors (Lipinski definition) is 6. The first-order chi connectivity index (χ1) is 28.5. The van der Waals surface area contributed by atoms with Crippen LogP contribution < -0.4 is 0 Å². The van der Waals surface area contributed by atoms with Crippen molar-refractivity contribution in [3.8, 4) is 0 Å². The Bertz CT molecular complexity index is 1240. The quantitative estimate of drug-likeness (QED) is 0.0267. The molecular formula is C52H82O6. The zero-order chi connectivity index (χ0) is 42.3. The van der Waals surface area contributed by atoms with Crippen molar-refractivity contribution in [3.05, 3.63) is 109 Å². The van der Waals surface area contributed by atoms with Gasteiger partial charge in [0.25, 0.3) is 0 Å². The molecule has 0 aliphatic heterocycles. The number of allylic oxidation sites excluding steroid dienone is 17. The van der Waals surface area contributed by atoms with Gasteiger partial charge in [0, 0.05) is 12.8 Å². The SMILES string of the molecule is CC/C=C\C/C=C\C/C=C\C/C=C\C/C=C\CC(=O)OCC(COC(=O)CCCCCCC/C=C\CCCCC)OC(=O)CCCCC/C=C\C/C=C\C/C=C\CC. The number of hydrogen-bond donors (Lipinski definition) is 0. The Hall–Kier alpha value is -3.93. The van der Waals surface area contributed by atoms with E-state index < -0.39 is 12.1 Å². The Morgan fingerprint density at radius 2 is 0.741 bits per heavy atom. The van der Waals surface area contributed by atoms with Crippen LogP contribution >= 0.6 is 0 Å². The Kier molecular flexibility index (Phi) is 42.7. The summed E-state index contributed by atoms with van der Waals surface area (Å²) in [5, 5.41) is 0. The number of ether oxygens (including phenoxy) is 3. The molecular weight excluding hydrogens is 721 g/mol. The van der Waals surface area contributed by atoms with E-state index in [9.17, 15) is 14.4 Å². The van der Waals surface area contributed by atoms with E-state index in [4.69, 9.17) is 14.2 Å². The molecule has 0 rings (SSSR count). The first kappa shape index (κ1) is 54.1. The second-order valence-electron chi connectivity index (χ2n) is 14.6. The van der Waals surface area contributed by atoms with Crippen molar-refractivity contribution < 1.29 is 28.6 Å². The van der Waals surface area contributed by atoms with Gasteiger partial charge in [-0.05, 0) is 103 Å². The highest BCUT2D eigenvalue weighted by atomic mass is 16.6. The highest BCUT2D eigenvalue weighted by molar-refractivity contribution is 5.72. The molecule has 0 bridgehead atoms. The first-order valence-electron chi connectivity index (χ1n) is 22.9. The van der Waals surface area contributed by atoms with Crippen molar-refractivity contribution >= 4 is 17.9 Å². The van der Waals surface area contributed by atoms with E-state index in [1.54, 1.807) is 6.08 Å². The molecule has 0 fully saturated rings. The van der Waals surface area contributed by atoms with Crippen LogP contribution in [-0.2, 0) is 28.6 Å². The fourth-order valence-corrected chi connectivity index (χ4v) is 5.64. The van der Waals surface area contributed by atoms with Gasteiger partial charge < -0.3 is 14.2 Å². The van der Waals surface area contributed by atoms with Crippen molar-refractivity contribution in [2.75, 3.05) is 13.2 Å². The van der Waals surface area contributed by atoms with Crippen LogP contribution in [0, 0.1) is 0 Å². The molecule has 0 heterocycles. The number of carbonyl (C=O) groups excluding carboxylic acids is 3. The van der Waals surface area contributed by atoms with Crippen LogP contribution in [0.5, 0.6) is 0 Å². The van der Waals surface area contributed by atoms with Crippen LogP contribution in [0.3, 0.4) is 0 Å². The normalized spacial score (nSPS) is 13.1. The van der Waals surface area contributed by atoms with Gasteiger partial charge in [-0.1, -0.05) is 169 Å². The van der Waals surface area contributed by atoms with Gasteiger partial charge >= 0.3 is 17.9 Å². The molecule has 0 aliphatic carbocycles. The Morgan fingerprint density at radius 1 is 0.379 bits per heavy atom. The standard InChI is InChI=1S/C52H82O6/c1-4-7-10-13-16-19-22-25-26-28-30-33-36-39-42-45-51(54)57-48-49(47-56-50(53)44-41-38-35-32-29-24-21-18-15-12-9-6-3)58-52(55)46-43-40-37-34-31-27-23-20-17-14-11-8-5-2/h7-8,10-11,16-21,25-27,30-31,33,39,42,49H,4-6,9,12-15,22-24,28-29,32,34-38,40-41,43-48H2,1-3H3/b10-7-,11-8-,19-16-,20-17-,21-18-,26-25-,31-27-,33-30-,42-39-. The summed E-state index contributed by atoms with van der Waals surface area (Å²) in [6.07, 6.45) is 60.9. The molecule has 0 aromatic carbocycles. The Morgan fingerprint density at radius 3 is 1.24 bits per heavy atom. The van der Waals surface area contributed by atoms with Crippen LogP contribution in [0.15, 0.2) is 109 Å². The van der Waals surface area contributed by atoms with Gasteiger partial charge in [-0.3, -0.25) is 14.4 Å². The fourth-order valence-electron chi connectivity index (χ4n) is 5.64. The lowest BCUT2D eigenvalue weighted by atomic mass is 10.1. The van der Waals surface area contributed by atoms with Crippen molar-refractivity contribution in [3.63, 3.8) is 0 Å². The molecule has 58 heavy (non-hydrogen) atoms. The number of carbonyl (C=O) groups is 3. The first-order valence-corrected chi connectivity index (χ1v) is 22.9. The Balaban J connectivity index is 4.60. The van der Waals surface area contributed by atoms with Gasteiger partial charge in [-0.2, -0.15) is 0 Å². The smallest absolute Gasteiger partial charge is 0.309 e. The predicted molar refractivity (Wildman–Crippen MR) is 247 cm³/mol. The fraction of sp³-hybridized carbons (Fsp3) is 0.596. The van der Waals surface area contributed by atoms with E-state index in [0.29, 0.717) is 12.8 Å². The number of rotatable bonds is 39. The summed E-state index contributed by atoms with van der Waals surface area (Å²) in [6.45, 7) is 6.23. The number of esters is 3. The minimum atomic E-state index is -0.836. The van der Waals surface area contributed by atoms with E-state index in [2.05, 4.69) is 118 Å². The lowest BCUT2D eigenvalue weighted by Crippen LogP contribution is -2.30. The van der Waals surface area contributed by atoms with Crippen molar-refractivity contribution in [2.45, 2.75) is 187 Å². The Labute approximate surface area is 355 Å². The average Bonchev–Trinajstić information content (AvgIpc) is 3.22. The number of unbranched alkanes of at least 4 members (excludes halogenated alkanes) is 11. The summed E-state index contributed by atoms with van der Waals surface area (Å²) in [7, 11) is 0. The maximum Gasteiger partial charge on any atom is 0.309 e. The maximum atomic E-state index is 12.7. The average molecular weight is 803 g/mol. The molecule has 1 unspecified atom stereocenters. The van der Waals surface area contributed by atoms with Gasteiger partial charge in [-0.15, -0.1) is 0 Å². The van der Waals surface area contributed by atoms with Crippen LogP contribution in [0.4, 0.5) is 0 Å². The van der Waals surface area contributed by atoms with Crippen LogP contribution in [0.1, 0.15) is 181 Å². The van der Waals surface area contributed by atoms with E-state index >= 15 is 0 Å². The largest absolute Gasteiger partial charge is 0.462 e. The van der Waals surface area contributed by atoms with Crippen molar-refractivity contribution in [1.29, 1.82) is 0 Å². The molecule has 0 amide bonds. The molecule has 326 valence electrons. The predicted octanol–water partition coefficient (Wildman–Crippen LogP) is 14.8. The third-order valence-electron chi connectivity index (χ3n) is 9.03. The molecule has 0 aromatic rings. The summed E-state index contributed by atoms with van der Waals surface area (Å²) in [4.78, 5) is 37.7. The van der Waals surface area contributed by atoms with Crippen molar-refractivity contribution in [1.82, 2.24) is 0 Å². The minimum Gasteiger partial charge on any atom is -0.462 e. The molecule has 6 heteroatoms. The molecule has 6 nitrogen and oxygen atoms in total. The van der Waals surface area contributed by atoms with E-state index in [1.807, 2.05) is 6.08 Å². The maximum absolute atomic E-state index is 12.7. The summed E-state index contributed by atoms with van der Waals surface area (Å²) < 4.78 is 16.6. The zero-order valence-corrected chi connectivity index (χ0v) is 37.0. The van der Waals surface area contributed by atoms with Crippen LogP contribution in [-0.4, -0.2) is 37.2 Å². The van der Waals surface area contributed by atoms with Gasteiger partial charge in [0.1, 0.15) is 13.2 Å². The van der Waals surface area contributed by atoms with Crippen LogP contribution in [0.2, 0.25) is 0 Å². The molecule has 0 spiro atoms. The molecule has 0 saturated heterocycles. The minimum absolute atomic E-state index is 0.115. The van der Waals surface area contributed by atoms with Gasteiger partial charge in [0.15, 0.2) is 6.10 Å². The highest BCUT2D eigenvalue weighted by Crippen LogP contribution is 2.11. The molecule has 0 saturated carbocycles. The van der Waals surface area contributed by atoms with Crippen LogP contribution in [0.25, 0.3) is 0 Å². The second kappa shape index (κ2) is 45.8. The molecule has 0 N–H and O–H groups in total. The highest BCUT2D eigenvalue weighted by Gasteiger charge is 2.19. The summed E-state index contributed by atoms with van der Waals surface area (Å²) in [6, 6.07) is 0. The van der Waals surface area contributed by atoms with E-state index in [1.165, 1.54) is 32.1 Å². The van der Waals surface area contributed by atoms with Gasteiger partial charge in [-0.25, -0.2) is 0 Å².